The zero-order chi connectivity index (χ0) is 24.5. The Bertz CT molecular complexity index is 1650. The Kier molecular flexibility index (Phi) is 5.84. The average Bonchev–Trinajstić information content (AvgIpc) is 3.22. The lowest BCUT2D eigenvalue weighted by molar-refractivity contribution is 0.102. The summed E-state index contributed by atoms with van der Waals surface area (Å²) >= 11 is 1.33. The number of nitrogens with one attached hydrogen (secondary N) is 1. The number of thiazole rings is 1. The number of carbonyl (C=O) groups excluding carboxylic acids is 1. The van der Waals surface area contributed by atoms with E-state index in [2.05, 4.69) is 15.3 Å². The summed E-state index contributed by atoms with van der Waals surface area (Å²) in [6, 6.07) is 16.7. The van der Waals surface area contributed by atoms with Gasteiger partial charge in [0, 0.05) is 17.5 Å². The predicted octanol–water partition coefficient (Wildman–Crippen LogP) is 5.65. The number of aromatic nitrogens is 1. The van der Waals surface area contributed by atoms with E-state index in [1.807, 2.05) is 25.1 Å². The first kappa shape index (κ1) is 22.4. The van der Waals surface area contributed by atoms with Gasteiger partial charge in [-0.25, -0.2) is 9.98 Å². The number of amides is 1. The average molecular weight is 488 g/mol. The van der Waals surface area contributed by atoms with Gasteiger partial charge in [-0.2, -0.15) is 0 Å². The molecule has 0 bridgehead atoms. The van der Waals surface area contributed by atoms with Crippen molar-refractivity contribution in [2.24, 2.45) is 4.99 Å². The Morgan fingerprint density at radius 2 is 1.97 bits per heavy atom. The van der Waals surface area contributed by atoms with Crippen molar-refractivity contribution in [1.29, 1.82) is 0 Å². The highest BCUT2D eigenvalue weighted by Crippen LogP contribution is 2.30. The molecular weight excluding hydrogens is 466 g/mol. The zero-order valence-electron chi connectivity index (χ0n) is 18.9. The second-order valence-electron chi connectivity index (χ2n) is 7.81. The van der Waals surface area contributed by atoms with Crippen LogP contribution in [0, 0.1) is 6.92 Å². The summed E-state index contributed by atoms with van der Waals surface area (Å²) in [4.78, 5) is 22.3. The fourth-order valence-corrected chi connectivity index (χ4v) is 4.41. The third-order valence-electron chi connectivity index (χ3n) is 5.29. The van der Waals surface area contributed by atoms with Crippen LogP contribution in [0.25, 0.3) is 21.2 Å². The lowest BCUT2D eigenvalue weighted by Gasteiger charge is -2.06. The molecule has 0 aliphatic heterocycles. The fraction of sp³-hybridized carbons (Fsp3) is 0.115. The number of aromatic hydroxyl groups is 2. The number of hydrogen-bond donors (Lipinski definition) is 3. The molecule has 0 saturated carbocycles. The molecule has 0 aliphatic rings. The van der Waals surface area contributed by atoms with Gasteiger partial charge in [-0.1, -0.05) is 17.4 Å². The van der Waals surface area contributed by atoms with Crippen LogP contribution in [0.4, 0.5) is 10.8 Å². The minimum absolute atomic E-state index is 0.0262. The molecule has 1 amide bonds. The van der Waals surface area contributed by atoms with Crippen LogP contribution in [0.1, 0.15) is 22.8 Å². The van der Waals surface area contributed by atoms with E-state index in [0.717, 1.165) is 16.0 Å². The molecule has 3 aromatic carbocycles. The van der Waals surface area contributed by atoms with Gasteiger partial charge in [-0.05, 0) is 61.9 Å². The summed E-state index contributed by atoms with van der Waals surface area (Å²) < 4.78 is 12.3. The lowest BCUT2D eigenvalue weighted by Crippen LogP contribution is -2.21. The van der Waals surface area contributed by atoms with Crippen LogP contribution in [-0.4, -0.2) is 27.7 Å². The molecule has 0 radical (unpaired) electrons. The highest BCUT2D eigenvalue weighted by Gasteiger charge is 2.16. The molecule has 0 saturated heterocycles. The smallest absolute Gasteiger partial charge is 0.262 e. The highest BCUT2D eigenvalue weighted by molar-refractivity contribution is 7.22. The molecule has 9 heteroatoms. The minimum Gasteiger partial charge on any atom is -0.508 e. The Balaban J connectivity index is 1.57. The van der Waals surface area contributed by atoms with E-state index in [1.165, 1.54) is 29.5 Å². The number of ether oxygens (including phenoxy) is 1. The molecule has 8 nitrogen and oxygen atoms in total. The maximum atomic E-state index is 13.3. The largest absolute Gasteiger partial charge is 0.508 e. The van der Waals surface area contributed by atoms with Crippen molar-refractivity contribution in [3.05, 3.63) is 77.3 Å². The number of fused-ring (bicyclic) bond motifs is 2. The standard InChI is InChI=1S/C26H21N3O5S/c1-3-33-18-8-9-20-23(13-18)35-26(28-20)29-24(32)19-10-15-5-7-17(30)12-22(15)34-25(19)27-16-6-4-14(2)21(31)11-16/h4-13,30-31H,3H2,1-2H3,(H,28,29,32). The lowest BCUT2D eigenvalue weighted by atomic mass is 10.1. The monoisotopic (exact) mass is 487 g/mol. The van der Waals surface area contributed by atoms with E-state index in [-0.39, 0.29) is 22.6 Å². The quantitative estimate of drug-likeness (QED) is 0.295. The summed E-state index contributed by atoms with van der Waals surface area (Å²) in [7, 11) is 0. The molecular formula is C26H21N3O5S. The Morgan fingerprint density at radius 1 is 1.11 bits per heavy atom. The number of anilines is 1. The van der Waals surface area contributed by atoms with Gasteiger partial charge in [0.15, 0.2) is 5.13 Å². The van der Waals surface area contributed by atoms with Crippen LogP contribution >= 0.6 is 11.3 Å². The molecule has 35 heavy (non-hydrogen) atoms. The molecule has 176 valence electrons. The fourth-order valence-electron chi connectivity index (χ4n) is 3.52. The van der Waals surface area contributed by atoms with Gasteiger partial charge < -0.3 is 19.4 Å². The molecule has 0 spiro atoms. The van der Waals surface area contributed by atoms with Gasteiger partial charge in [-0.3, -0.25) is 10.1 Å². The van der Waals surface area contributed by atoms with Crippen LogP contribution in [0.3, 0.4) is 0 Å². The van der Waals surface area contributed by atoms with Crippen molar-refractivity contribution in [2.45, 2.75) is 13.8 Å². The summed E-state index contributed by atoms with van der Waals surface area (Å²) in [5, 5.41) is 23.8. The van der Waals surface area contributed by atoms with E-state index in [0.29, 0.717) is 34.0 Å². The number of hydrogen-bond acceptors (Lipinski definition) is 8. The maximum absolute atomic E-state index is 13.3. The number of rotatable bonds is 5. The van der Waals surface area contributed by atoms with Crippen LogP contribution in [-0.2, 0) is 0 Å². The number of phenols is 2. The van der Waals surface area contributed by atoms with Crippen molar-refractivity contribution < 1.29 is 24.2 Å². The van der Waals surface area contributed by atoms with Gasteiger partial charge in [0.25, 0.3) is 5.91 Å². The molecule has 0 atom stereocenters. The Labute approximate surface area is 203 Å². The van der Waals surface area contributed by atoms with Crippen molar-refractivity contribution in [3.8, 4) is 17.2 Å². The number of benzene rings is 3. The molecule has 0 unspecified atom stereocenters. The maximum Gasteiger partial charge on any atom is 0.262 e. The van der Waals surface area contributed by atoms with E-state index in [4.69, 9.17) is 9.15 Å². The van der Waals surface area contributed by atoms with Gasteiger partial charge in [0.2, 0.25) is 5.55 Å². The van der Waals surface area contributed by atoms with Crippen molar-refractivity contribution in [2.75, 3.05) is 11.9 Å². The zero-order valence-corrected chi connectivity index (χ0v) is 19.7. The van der Waals surface area contributed by atoms with Gasteiger partial charge in [0.1, 0.15) is 28.4 Å². The molecule has 0 aliphatic carbocycles. The summed E-state index contributed by atoms with van der Waals surface area (Å²) in [5.74, 6) is 0.387. The SMILES string of the molecule is CCOc1ccc2nc(NC(=O)c3cc4ccc(O)cc4oc3=Nc3ccc(C)c(O)c3)sc2c1. The van der Waals surface area contributed by atoms with Crippen LogP contribution in [0.5, 0.6) is 17.2 Å². The topological polar surface area (TPSA) is 117 Å². The van der Waals surface area contributed by atoms with E-state index < -0.39 is 5.91 Å². The van der Waals surface area contributed by atoms with Crippen LogP contribution < -0.4 is 15.6 Å². The highest BCUT2D eigenvalue weighted by atomic mass is 32.1. The minimum atomic E-state index is -0.456. The molecule has 5 rings (SSSR count). The van der Waals surface area contributed by atoms with Gasteiger partial charge in [-0.15, -0.1) is 0 Å². The summed E-state index contributed by atoms with van der Waals surface area (Å²) in [6.45, 7) is 4.25. The van der Waals surface area contributed by atoms with Crippen LogP contribution in [0.2, 0.25) is 0 Å². The summed E-state index contributed by atoms with van der Waals surface area (Å²) in [6.07, 6.45) is 0. The number of phenolic OH excluding ortho intramolecular Hbond substituents is 2. The third-order valence-corrected chi connectivity index (χ3v) is 6.23. The third kappa shape index (κ3) is 4.67. The molecule has 3 N–H and O–H groups in total. The molecule has 0 fully saturated rings. The normalized spacial score (nSPS) is 11.8. The van der Waals surface area contributed by atoms with Crippen LogP contribution in [0.15, 0.2) is 70.1 Å². The first-order valence-electron chi connectivity index (χ1n) is 10.9. The molecule has 2 aromatic heterocycles. The van der Waals surface area contributed by atoms with Gasteiger partial charge >= 0.3 is 0 Å². The van der Waals surface area contributed by atoms with Crippen molar-refractivity contribution >= 4 is 49.2 Å². The number of aryl methyl sites for hydroxylation is 1. The Morgan fingerprint density at radius 3 is 2.77 bits per heavy atom. The summed E-state index contributed by atoms with van der Waals surface area (Å²) in [5.41, 5.74) is 2.42. The first-order chi connectivity index (χ1) is 16.9. The van der Waals surface area contributed by atoms with Crippen molar-refractivity contribution in [3.63, 3.8) is 0 Å². The second-order valence-corrected chi connectivity index (χ2v) is 8.84. The van der Waals surface area contributed by atoms with E-state index in [9.17, 15) is 15.0 Å². The second kappa shape index (κ2) is 9.11. The van der Waals surface area contributed by atoms with Gasteiger partial charge in [0.05, 0.1) is 22.5 Å². The van der Waals surface area contributed by atoms with E-state index >= 15 is 0 Å². The number of nitrogens with zero attached hydrogens (tertiary/aromatic N) is 2. The van der Waals surface area contributed by atoms with E-state index in [1.54, 1.807) is 31.2 Å². The predicted molar refractivity (Wildman–Crippen MR) is 135 cm³/mol. The van der Waals surface area contributed by atoms with Crippen molar-refractivity contribution in [1.82, 2.24) is 4.98 Å². The molecule has 5 aromatic rings. The number of carbonyl (C=O) groups is 1. The Hall–Kier alpha value is -4.37. The first-order valence-corrected chi connectivity index (χ1v) is 11.7. The molecule has 2 heterocycles.